The van der Waals surface area contributed by atoms with E-state index < -0.39 is 0 Å². The number of benzene rings is 2. The Labute approximate surface area is 149 Å². The highest BCUT2D eigenvalue weighted by Crippen LogP contribution is 2.25. The maximum absolute atomic E-state index is 12.7. The van der Waals surface area contributed by atoms with E-state index in [0.717, 1.165) is 32.8 Å². The second-order valence-corrected chi connectivity index (χ2v) is 6.51. The van der Waals surface area contributed by atoms with Gasteiger partial charge in [0.05, 0.1) is 22.8 Å². The largest absolute Gasteiger partial charge is 0.319 e. The molecule has 2 aromatic carbocycles. The number of aromatic nitrogens is 2. The maximum Gasteiger partial charge on any atom is 0.256 e. The Morgan fingerprint density at radius 2 is 1.75 bits per heavy atom. The smallest absolute Gasteiger partial charge is 0.256 e. The number of nitrogens with zero attached hydrogens (tertiary/aromatic N) is 2. The summed E-state index contributed by atoms with van der Waals surface area (Å²) in [5.74, 6) is -0.132. The SMILES string of the molecule is Cc1nn(-c2ccccc2)c(C)c1NC(=O)c1cccc(Br)c1C. The molecular formula is C19H18BrN3O. The zero-order chi connectivity index (χ0) is 17.3. The summed E-state index contributed by atoms with van der Waals surface area (Å²) in [5, 5.41) is 7.57. The highest BCUT2D eigenvalue weighted by atomic mass is 79.9. The standard InChI is InChI=1S/C19H18BrN3O/c1-12-16(10-7-11-17(12)20)19(24)21-18-13(2)22-23(14(18)3)15-8-5-4-6-9-15/h4-11H,1-3H3,(H,21,24). The van der Waals surface area contributed by atoms with Crippen LogP contribution in [0.2, 0.25) is 0 Å². The molecule has 0 saturated heterocycles. The molecule has 0 radical (unpaired) electrons. The lowest BCUT2D eigenvalue weighted by Gasteiger charge is -2.10. The van der Waals surface area contributed by atoms with Gasteiger partial charge in [0.2, 0.25) is 0 Å². The number of rotatable bonds is 3. The van der Waals surface area contributed by atoms with Crippen molar-refractivity contribution in [3.63, 3.8) is 0 Å². The third-order valence-electron chi connectivity index (χ3n) is 4.04. The number of amides is 1. The molecule has 5 heteroatoms. The fourth-order valence-corrected chi connectivity index (χ4v) is 3.04. The van der Waals surface area contributed by atoms with Crippen LogP contribution in [0.1, 0.15) is 27.3 Å². The van der Waals surface area contributed by atoms with E-state index in [1.165, 1.54) is 0 Å². The van der Waals surface area contributed by atoms with Gasteiger partial charge in [-0.25, -0.2) is 4.68 Å². The minimum Gasteiger partial charge on any atom is -0.319 e. The Hall–Kier alpha value is -2.40. The topological polar surface area (TPSA) is 46.9 Å². The summed E-state index contributed by atoms with van der Waals surface area (Å²) in [4.78, 5) is 12.7. The number of aryl methyl sites for hydroxylation is 1. The van der Waals surface area contributed by atoms with E-state index in [4.69, 9.17) is 0 Å². The Kier molecular flexibility index (Phi) is 4.53. The van der Waals surface area contributed by atoms with Crippen molar-refractivity contribution >= 4 is 27.5 Å². The zero-order valence-electron chi connectivity index (χ0n) is 13.8. The third-order valence-corrected chi connectivity index (χ3v) is 4.90. The monoisotopic (exact) mass is 383 g/mol. The molecule has 0 atom stereocenters. The number of carbonyl (C=O) groups excluding carboxylic acids is 1. The first-order chi connectivity index (χ1) is 11.5. The molecule has 1 heterocycles. The number of carbonyl (C=O) groups is 1. The van der Waals surface area contributed by atoms with E-state index >= 15 is 0 Å². The van der Waals surface area contributed by atoms with Crippen molar-refractivity contribution in [2.24, 2.45) is 0 Å². The van der Waals surface area contributed by atoms with Gasteiger partial charge in [-0.1, -0.05) is 40.2 Å². The molecule has 122 valence electrons. The van der Waals surface area contributed by atoms with Gasteiger partial charge in [-0.3, -0.25) is 4.79 Å². The van der Waals surface area contributed by atoms with Gasteiger partial charge in [-0.2, -0.15) is 5.10 Å². The molecule has 3 aromatic rings. The van der Waals surface area contributed by atoms with Crippen molar-refractivity contribution in [3.05, 3.63) is 75.5 Å². The van der Waals surface area contributed by atoms with Crippen LogP contribution < -0.4 is 5.32 Å². The minimum atomic E-state index is -0.132. The highest BCUT2D eigenvalue weighted by molar-refractivity contribution is 9.10. The summed E-state index contributed by atoms with van der Waals surface area (Å²) >= 11 is 3.47. The van der Waals surface area contributed by atoms with E-state index in [-0.39, 0.29) is 5.91 Å². The van der Waals surface area contributed by atoms with Crippen molar-refractivity contribution in [2.45, 2.75) is 20.8 Å². The number of hydrogen-bond donors (Lipinski definition) is 1. The van der Waals surface area contributed by atoms with Gasteiger partial charge in [0.25, 0.3) is 5.91 Å². The van der Waals surface area contributed by atoms with Crippen molar-refractivity contribution in [3.8, 4) is 5.69 Å². The van der Waals surface area contributed by atoms with Crippen LogP contribution in [0, 0.1) is 20.8 Å². The minimum absolute atomic E-state index is 0.132. The Balaban J connectivity index is 1.95. The first-order valence-electron chi connectivity index (χ1n) is 7.67. The number of anilines is 1. The van der Waals surface area contributed by atoms with Gasteiger partial charge in [-0.05, 0) is 50.6 Å². The molecule has 0 aliphatic carbocycles. The lowest BCUT2D eigenvalue weighted by atomic mass is 10.1. The van der Waals surface area contributed by atoms with Crippen LogP contribution in [-0.2, 0) is 0 Å². The third kappa shape index (κ3) is 2.99. The van der Waals surface area contributed by atoms with Crippen molar-refractivity contribution in [1.82, 2.24) is 9.78 Å². The predicted molar refractivity (Wildman–Crippen MR) is 99.9 cm³/mol. The van der Waals surface area contributed by atoms with Gasteiger partial charge >= 0.3 is 0 Å². The van der Waals surface area contributed by atoms with E-state index in [1.807, 2.05) is 74.0 Å². The summed E-state index contributed by atoms with van der Waals surface area (Å²) in [6.07, 6.45) is 0. The summed E-state index contributed by atoms with van der Waals surface area (Å²) in [6.45, 7) is 5.78. The van der Waals surface area contributed by atoms with Crippen LogP contribution in [0.5, 0.6) is 0 Å². The molecule has 24 heavy (non-hydrogen) atoms. The number of halogens is 1. The van der Waals surface area contributed by atoms with Crippen LogP contribution in [0.3, 0.4) is 0 Å². The summed E-state index contributed by atoms with van der Waals surface area (Å²) in [5.41, 5.74) is 4.98. The molecule has 1 aromatic heterocycles. The molecule has 0 bridgehead atoms. The molecule has 3 rings (SSSR count). The molecule has 0 unspecified atom stereocenters. The van der Waals surface area contributed by atoms with Crippen molar-refractivity contribution in [1.29, 1.82) is 0 Å². The number of para-hydroxylation sites is 1. The summed E-state index contributed by atoms with van der Waals surface area (Å²) in [7, 11) is 0. The molecule has 0 spiro atoms. The highest BCUT2D eigenvalue weighted by Gasteiger charge is 2.17. The summed E-state index contributed by atoms with van der Waals surface area (Å²) < 4.78 is 2.77. The summed E-state index contributed by atoms with van der Waals surface area (Å²) in [6, 6.07) is 15.5. The first-order valence-corrected chi connectivity index (χ1v) is 8.46. The van der Waals surface area contributed by atoms with Gasteiger partial charge in [0.15, 0.2) is 0 Å². The molecule has 1 N–H and O–H groups in total. The van der Waals surface area contributed by atoms with Crippen LogP contribution in [-0.4, -0.2) is 15.7 Å². The maximum atomic E-state index is 12.7. The predicted octanol–water partition coefficient (Wildman–Crippen LogP) is 4.81. The number of nitrogens with one attached hydrogen (secondary N) is 1. The average Bonchev–Trinajstić information content (AvgIpc) is 2.86. The molecule has 0 saturated carbocycles. The van der Waals surface area contributed by atoms with Crippen molar-refractivity contribution < 1.29 is 4.79 Å². The average molecular weight is 384 g/mol. The lowest BCUT2D eigenvalue weighted by Crippen LogP contribution is -2.14. The van der Waals surface area contributed by atoms with Gasteiger partial charge in [-0.15, -0.1) is 0 Å². The quantitative estimate of drug-likeness (QED) is 0.704. The molecular weight excluding hydrogens is 366 g/mol. The molecule has 4 nitrogen and oxygen atoms in total. The van der Waals surface area contributed by atoms with Crippen LogP contribution in [0.4, 0.5) is 5.69 Å². The van der Waals surface area contributed by atoms with Gasteiger partial charge in [0, 0.05) is 10.0 Å². The van der Waals surface area contributed by atoms with E-state index in [2.05, 4.69) is 26.3 Å². The number of hydrogen-bond acceptors (Lipinski definition) is 2. The van der Waals surface area contributed by atoms with Crippen LogP contribution in [0.15, 0.2) is 53.0 Å². The molecule has 0 fully saturated rings. The fraction of sp³-hybridized carbons (Fsp3) is 0.158. The Morgan fingerprint density at radius 1 is 1.04 bits per heavy atom. The Bertz CT molecular complexity index is 900. The normalized spacial score (nSPS) is 10.7. The van der Waals surface area contributed by atoms with Crippen LogP contribution in [0.25, 0.3) is 5.69 Å². The van der Waals surface area contributed by atoms with E-state index in [1.54, 1.807) is 0 Å². The second kappa shape index (κ2) is 6.61. The first kappa shape index (κ1) is 16.5. The molecule has 0 aliphatic heterocycles. The van der Waals surface area contributed by atoms with Gasteiger partial charge < -0.3 is 5.32 Å². The van der Waals surface area contributed by atoms with Gasteiger partial charge in [0.1, 0.15) is 0 Å². The zero-order valence-corrected chi connectivity index (χ0v) is 15.4. The lowest BCUT2D eigenvalue weighted by molar-refractivity contribution is 0.102. The van der Waals surface area contributed by atoms with E-state index in [0.29, 0.717) is 5.56 Å². The van der Waals surface area contributed by atoms with Crippen LogP contribution >= 0.6 is 15.9 Å². The van der Waals surface area contributed by atoms with E-state index in [9.17, 15) is 4.79 Å². The van der Waals surface area contributed by atoms with Crippen molar-refractivity contribution in [2.75, 3.05) is 5.32 Å². The Morgan fingerprint density at radius 3 is 2.46 bits per heavy atom. The fourth-order valence-electron chi connectivity index (χ4n) is 2.68. The molecule has 1 amide bonds. The molecule has 0 aliphatic rings. The second-order valence-electron chi connectivity index (χ2n) is 5.66.